The van der Waals surface area contributed by atoms with E-state index in [-0.39, 0.29) is 0 Å². The van der Waals surface area contributed by atoms with E-state index in [9.17, 15) is 0 Å². The third-order valence-corrected chi connectivity index (χ3v) is 1.51. The number of rotatable bonds is 0. The van der Waals surface area contributed by atoms with Gasteiger partial charge in [-0.1, -0.05) is 23.8 Å². The molecule has 0 aliphatic rings. The zero-order chi connectivity index (χ0) is 9.35. The molecular formula is C9H12. The van der Waals surface area contributed by atoms with Crippen molar-refractivity contribution in [1.82, 2.24) is 0 Å². The molecule has 9 heavy (non-hydrogen) atoms. The number of benzene rings is 1. The topological polar surface area (TPSA) is 0 Å². The summed E-state index contributed by atoms with van der Waals surface area (Å²) in [5.41, 5.74) is 2.58. The third kappa shape index (κ3) is 1.32. The van der Waals surface area contributed by atoms with Gasteiger partial charge in [-0.05, 0) is 31.8 Å². The van der Waals surface area contributed by atoms with E-state index in [0.29, 0.717) is 5.56 Å². The lowest BCUT2D eigenvalue weighted by Gasteiger charge is -1.98. The summed E-state index contributed by atoms with van der Waals surface area (Å²) in [4.78, 5) is 0. The van der Waals surface area contributed by atoms with E-state index in [1.807, 2.05) is 19.9 Å². The Morgan fingerprint density at radius 2 is 2.00 bits per heavy atom. The molecule has 0 spiro atoms. The highest BCUT2D eigenvalue weighted by molar-refractivity contribution is 5.28. The molecule has 1 aromatic carbocycles. The lowest BCUT2D eigenvalue weighted by molar-refractivity contribution is 1.30. The quantitative estimate of drug-likeness (QED) is 0.497. The first-order valence-corrected chi connectivity index (χ1v) is 2.99. The Hall–Kier alpha value is -0.780. The minimum Gasteiger partial charge on any atom is -0.0590 e. The summed E-state index contributed by atoms with van der Waals surface area (Å²) in [5.74, 6) is 0. The van der Waals surface area contributed by atoms with Crippen LogP contribution in [0.25, 0.3) is 0 Å². The number of aryl methyl sites for hydroxylation is 3. The van der Waals surface area contributed by atoms with E-state index in [4.69, 9.17) is 4.11 Å². The maximum Gasteiger partial charge on any atom is 0.0280 e. The monoisotopic (exact) mass is 123 g/mol. The zero-order valence-electron chi connectivity index (χ0n) is 8.73. The summed E-state index contributed by atoms with van der Waals surface area (Å²) < 4.78 is 21.5. The molecule has 1 rings (SSSR count). The Morgan fingerprint density at radius 1 is 1.22 bits per heavy atom. The van der Waals surface area contributed by atoms with Gasteiger partial charge in [0.05, 0.1) is 0 Å². The molecule has 0 heterocycles. The minimum absolute atomic E-state index is 0.422. The van der Waals surface area contributed by atoms with Gasteiger partial charge in [0.1, 0.15) is 0 Å². The van der Waals surface area contributed by atoms with Gasteiger partial charge < -0.3 is 0 Å². The van der Waals surface area contributed by atoms with Crippen LogP contribution in [-0.2, 0) is 0 Å². The van der Waals surface area contributed by atoms with Crippen LogP contribution >= 0.6 is 0 Å². The normalized spacial score (nSPS) is 16.0. The van der Waals surface area contributed by atoms with Gasteiger partial charge in [-0.15, -0.1) is 0 Å². The van der Waals surface area contributed by atoms with Crippen LogP contribution in [0.5, 0.6) is 0 Å². The maximum atomic E-state index is 7.17. The van der Waals surface area contributed by atoms with Gasteiger partial charge in [-0.2, -0.15) is 0 Å². The van der Waals surface area contributed by atoms with Gasteiger partial charge in [0.2, 0.25) is 0 Å². The Morgan fingerprint density at radius 3 is 2.56 bits per heavy atom. The second-order valence-electron chi connectivity index (χ2n) is 2.30. The summed E-state index contributed by atoms with van der Waals surface area (Å²) in [6.07, 6.45) is 0. The Kier molecular flexibility index (Phi) is 0.839. The summed E-state index contributed by atoms with van der Waals surface area (Å²) in [5, 5.41) is 0. The van der Waals surface area contributed by atoms with Gasteiger partial charge in [-0.3, -0.25) is 0 Å². The molecule has 0 nitrogen and oxygen atoms in total. The number of hydrogen-bond donors (Lipinski definition) is 0. The maximum absolute atomic E-state index is 7.17. The first-order chi connectivity index (χ1) is 5.41. The SMILES string of the molecule is [2H]C([2H])([2H])c1ccc(C)c(C)c1. The molecule has 0 aromatic heterocycles. The Bertz CT molecular complexity index is 286. The van der Waals surface area contributed by atoms with Crippen LogP contribution in [-0.4, -0.2) is 0 Å². The predicted octanol–water partition coefficient (Wildman–Crippen LogP) is 2.61. The standard InChI is InChI=1S/C9H12/c1-7-4-5-8(2)9(3)6-7/h4-6H,1-3H3/i1D3. The average Bonchev–Trinajstić information content (AvgIpc) is 1.92. The molecule has 48 valence electrons. The van der Waals surface area contributed by atoms with Gasteiger partial charge >= 0.3 is 0 Å². The van der Waals surface area contributed by atoms with Crippen molar-refractivity contribution in [2.24, 2.45) is 0 Å². The number of hydrogen-bond acceptors (Lipinski definition) is 0. The fraction of sp³-hybridized carbons (Fsp3) is 0.333. The van der Waals surface area contributed by atoms with E-state index >= 15 is 0 Å². The fourth-order valence-corrected chi connectivity index (χ4v) is 0.741. The summed E-state index contributed by atoms with van der Waals surface area (Å²) in [6.45, 7) is 1.92. The molecule has 0 atom stereocenters. The molecule has 0 unspecified atom stereocenters. The van der Waals surface area contributed by atoms with Crippen LogP contribution in [0.2, 0.25) is 0 Å². The molecule has 0 aliphatic carbocycles. The molecule has 0 saturated heterocycles. The van der Waals surface area contributed by atoms with Gasteiger partial charge in [0, 0.05) is 4.11 Å². The second-order valence-corrected chi connectivity index (χ2v) is 2.30. The largest absolute Gasteiger partial charge is 0.0590 e. The van der Waals surface area contributed by atoms with Crippen LogP contribution in [0.1, 0.15) is 20.8 Å². The minimum atomic E-state index is -1.97. The van der Waals surface area contributed by atoms with E-state index in [1.54, 1.807) is 12.1 Å². The van der Waals surface area contributed by atoms with Gasteiger partial charge in [-0.25, -0.2) is 0 Å². The molecule has 0 aliphatic heterocycles. The molecule has 0 N–H and O–H groups in total. The van der Waals surface area contributed by atoms with E-state index in [1.165, 1.54) is 0 Å². The van der Waals surface area contributed by atoms with Crippen molar-refractivity contribution in [3.63, 3.8) is 0 Å². The van der Waals surface area contributed by atoms with Gasteiger partial charge in [0.25, 0.3) is 0 Å². The molecule has 0 saturated carbocycles. The van der Waals surface area contributed by atoms with E-state index in [0.717, 1.165) is 11.1 Å². The van der Waals surface area contributed by atoms with Crippen molar-refractivity contribution in [3.05, 3.63) is 34.9 Å². The van der Waals surface area contributed by atoms with Crippen molar-refractivity contribution in [2.45, 2.75) is 20.7 Å². The van der Waals surface area contributed by atoms with Crippen molar-refractivity contribution < 1.29 is 4.11 Å². The van der Waals surface area contributed by atoms with Crippen molar-refractivity contribution in [1.29, 1.82) is 0 Å². The van der Waals surface area contributed by atoms with Crippen LogP contribution < -0.4 is 0 Å². The third-order valence-electron chi connectivity index (χ3n) is 1.51. The van der Waals surface area contributed by atoms with Crippen LogP contribution in [0.4, 0.5) is 0 Å². The van der Waals surface area contributed by atoms with Crippen molar-refractivity contribution in [2.75, 3.05) is 0 Å². The lowest BCUT2D eigenvalue weighted by Crippen LogP contribution is -1.79. The summed E-state index contributed by atoms with van der Waals surface area (Å²) in [6, 6.07) is 5.23. The van der Waals surface area contributed by atoms with Gasteiger partial charge in [0.15, 0.2) is 0 Å². The average molecular weight is 123 g/mol. The Labute approximate surface area is 60.7 Å². The van der Waals surface area contributed by atoms with E-state index < -0.39 is 6.85 Å². The molecular weight excluding hydrogens is 108 g/mol. The highest BCUT2D eigenvalue weighted by Gasteiger charge is 1.89. The molecule has 0 radical (unpaired) electrons. The molecule has 0 amide bonds. The summed E-state index contributed by atoms with van der Waals surface area (Å²) >= 11 is 0. The predicted molar refractivity (Wildman–Crippen MR) is 40.7 cm³/mol. The van der Waals surface area contributed by atoms with Crippen LogP contribution in [0.15, 0.2) is 18.2 Å². The lowest BCUT2D eigenvalue weighted by atomic mass is 10.1. The summed E-state index contributed by atoms with van der Waals surface area (Å²) in [7, 11) is 0. The van der Waals surface area contributed by atoms with Crippen LogP contribution in [0.3, 0.4) is 0 Å². The highest BCUT2D eigenvalue weighted by atomic mass is 13.9. The van der Waals surface area contributed by atoms with Crippen molar-refractivity contribution >= 4 is 0 Å². The second kappa shape index (κ2) is 2.22. The molecule has 1 aromatic rings. The first-order valence-electron chi connectivity index (χ1n) is 4.49. The molecule has 0 fully saturated rings. The smallest absolute Gasteiger partial charge is 0.0280 e. The molecule has 0 heteroatoms. The fourth-order valence-electron chi connectivity index (χ4n) is 0.741. The Balaban J connectivity index is 3.14. The highest BCUT2D eigenvalue weighted by Crippen LogP contribution is 2.07. The zero-order valence-corrected chi connectivity index (χ0v) is 5.73. The molecule has 0 bridgehead atoms. The van der Waals surface area contributed by atoms with Crippen molar-refractivity contribution in [3.8, 4) is 0 Å². The first kappa shape index (κ1) is 3.40. The van der Waals surface area contributed by atoms with Crippen LogP contribution in [0, 0.1) is 20.7 Å². The van der Waals surface area contributed by atoms with E-state index in [2.05, 4.69) is 0 Å².